The Morgan fingerprint density at radius 2 is 2.15 bits per heavy atom. The van der Waals surface area contributed by atoms with E-state index in [9.17, 15) is 4.79 Å². The number of ether oxygens (including phenoxy) is 1. The lowest BCUT2D eigenvalue weighted by Gasteiger charge is -2.31. The second kappa shape index (κ2) is 8.02. The highest BCUT2D eigenvalue weighted by atomic mass is 16.5. The quantitative estimate of drug-likeness (QED) is 0.721. The van der Waals surface area contributed by atoms with Gasteiger partial charge in [-0.05, 0) is 37.6 Å². The molecule has 27 heavy (non-hydrogen) atoms. The van der Waals surface area contributed by atoms with Crippen LogP contribution in [0, 0.1) is 0 Å². The van der Waals surface area contributed by atoms with E-state index in [2.05, 4.69) is 42.6 Å². The smallest absolute Gasteiger partial charge is 0.251 e. The van der Waals surface area contributed by atoms with Crippen molar-refractivity contribution >= 4 is 5.65 Å². The molecular formula is C20H25N5O2. The van der Waals surface area contributed by atoms with Gasteiger partial charge in [0.05, 0.1) is 12.3 Å². The van der Waals surface area contributed by atoms with Crippen LogP contribution >= 0.6 is 0 Å². The maximum absolute atomic E-state index is 12.0. The molecule has 7 nitrogen and oxygen atoms in total. The number of nitrogens with zero attached hydrogens (tertiary/aromatic N) is 4. The van der Waals surface area contributed by atoms with Crippen molar-refractivity contribution in [2.75, 3.05) is 26.8 Å². The van der Waals surface area contributed by atoms with E-state index in [0.717, 1.165) is 49.6 Å². The van der Waals surface area contributed by atoms with Crippen molar-refractivity contribution in [1.82, 2.24) is 24.3 Å². The molecule has 0 unspecified atom stereocenters. The van der Waals surface area contributed by atoms with Crippen molar-refractivity contribution in [3.8, 4) is 0 Å². The fourth-order valence-corrected chi connectivity index (χ4v) is 3.76. The van der Waals surface area contributed by atoms with Crippen molar-refractivity contribution < 1.29 is 4.74 Å². The summed E-state index contributed by atoms with van der Waals surface area (Å²) in [4.78, 5) is 26.2. The highest BCUT2D eigenvalue weighted by molar-refractivity contribution is 5.39. The van der Waals surface area contributed by atoms with Gasteiger partial charge in [0.15, 0.2) is 0 Å². The zero-order chi connectivity index (χ0) is 18.6. The predicted molar refractivity (Wildman–Crippen MR) is 103 cm³/mol. The highest BCUT2D eigenvalue weighted by Crippen LogP contribution is 2.27. The molecule has 0 aliphatic carbocycles. The molecule has 3 aromatic heterocycles. The lowest BCUT2D eigenvalue weighted by molar-refractivity contribution is 0.198. The van der Waals surface area contributed by atoms with Crippen molar-refractivity contribution in [2.24, 2.45) is 0 Å². The van der Waals surface area contributed by atoms with Crippen LogP contribution in [0.1, 0.15) is 35.8 Å². The molecule has 7 heteroatoms. The van der Waals surface area contributed by atoms with E-state index in [4.69, 9.17) is 4.74 Å². The lowest BCUT2D eigenvalue weighted by Crippen LogP contribution is -2.33. The predicted octanol–water partition coefficient (Wildman–Crippen LogP) is 1.99. The molecule has 1 N–H and O–H groups in total. The van der Waals surface area contributed by atoms with Crippen LogP contribution in [0.3, 0.4) is 0 Å². The number of H-pyrrole nitrogens is 1. The zero-order valence-electron chi connectivity index (χ0n) is 15.6. The minimum atomic E-state index is -0.0674. The molecule has 1 aliphatic rings. The van der Waals surface area contributed by atoms with Crippen LogP contribution in [0.25, 0.3) is 5.65 Å². The summed E-state index contributed by atoms with van der Waals surface area (Å²) < 4.78 is 7.15. The second-order valence-corrected chi connectivity index (χ2v) is 7.14. The van der Waals surface area contributed by atoms with Gasteiger partial charge in [-0.15, -0.1) is 0 Å². The van der Waals surface area contributed by atoms with Gasteiger partial charge in [-0.1, -0.05) is 6.07 Å². The number of methoxy groups -OCH3 is 1. The Kier molecular flexibility index (Phi) is 5.31. The molecule has 0 aromatic carbocycles. The standard InChI is InChI=1S/C20H25N5O2/c1-27-11-6-18-22-17(12-20(26)23-18)16-4-8-24(9-5-16)13-15-2-3-19-21-7-10-25(19)14-15/h2-3,7,10,12,14,16H,4-6,8-9,11,13H2,1H3,(H,22,23,26). The third-order valence-corrected chi connectivity index (χ3v) is 5.22. The fraction of sp³-hybridized carbons (Fsp3) is 0.450. The van der Waals surface area contributed by atoms with Gasteiger partial charge >= 0.3 is 0 Å². The van der Waals surface area contributed by atoms with E-state index in [1.165, 1.54) is 5.56 Å². The topological polar surface area (TPSA) is 75.5 Å². The van der Waals surface area contributed by atoms with Crippen LogP contribution in [-0.4, -0.2) is 51.1 Å². The monoisotopic (exact) mass is 367 g/mol. The van der Waals surface area contributed by atoms with Gasteiger partial charge in [-0.3, -0.25) is 9.69 Å². The zero-order valence-corrected chi connectivity index (χ0v) is 15.6. The molecule has 1 fully saturated rings. The second-order valence-electron chi connectivity index (χ2n) is 7.14. The van der Waals surface area contributed by atoms with Gasteiger partial charge in [0.25, 0.3) is 5.56 Å². The average molecular weight is 367 g/mol. The number of hydrogen-bond acceptors (Lipinski definition) is 5. The molecule has 0 bridgehead atoms. The number of aromatic nitrogens is 4. The van der Waals surface area contributed by atoms with Gasteiger partial charge in [-0.2, -0.15) is 0 Å². The van der Waals surface area contributed by atoms with Gasteiger partial charge < -0.3 is 14.1 Å². The Morgan fingerprint density at radius 1 is 1.30 bits per heavy atom. The first-order valence-electron chi connectivity index (χ1n) is 9.44. The highest BCUT2D eigenvalue weighted by Gasteiger charge is 2.22. The Bertz CT molecular complexity index is 956. The molecule has 142 valence electrons. The van der Waals surface area contributed by atoms with Crippen LogP contribution in [0.2, 0.25) is 0 Å². The van der Waals surface area contributed by atoms with Crippen LogP contribution < -0.4 is 5.56 Å². The number of nitrogens with one attached hydrogen (secondary N) is 1. The Labute approximate surface area is 158 Å². The normalized spacial score (nSPS) is 16.2. The average Bonchev–Trinajstić information content (AvgIpc) is 3.14. The van der Waals surface area contributed by atoms with E-state index in [1.54, 1.807) is 13.2 Å². The molecule has 4 heterocycles. The summed E-state index contributed by atoms with van der Waals surface area (Å²) in [6.45, 7) is 3.51. The first-order chi connectivity index (χ1) is 13.2. The number of fused-ring (bicyclic) bond motifs is 1. The molecule has 0 atom stereocenters. The molecule has 1 saturated heterocycles. The number of piperidine rings is 1. The minimum Gasteiger partial charge on any atom is -0.384 e. The van der Waals surface area contributed by atoms with Crippen molar-refractivity contribution in [3.63, 3.8) is 0 Å². The number of hydrogen-bond donors (Lipinski definition) is 1. The summed E-state index contributed by atoms with van der Waals surface area (Å²) >= 11 is 0. The van der Waals surface area contributed by atoms with E-state index < -0.39 is 0 Å². The SMILES string of the molecule is COCCc1nc(C2CCN(Cc3ccc4nccn4c3)CC2)cc(=O)[nH]1. The summed E-state index contributed by atoms with van der Waals surface area (Å²) in [6, 6.07) is 5.86. The molecule has 3 aromatic rings. The summed E-state index contributed by atoms with van der Waals surface area (Å²) in [7, 11) is 1.66. The summed E-state index contributed by atoms with van der Waals surface area (Å²) in [5, 5.41) is 0. The Morgan fingerprint density at radius 3 is 2.96 bits per heavy atom. The van der Waals surface area contributed by atoms with Gasteiger partial charge in [-0.25, -0.2) is 9.97 Å². The van der Waals surface area contributed by atoms with E-state index in [1.807, 2.05) is 12.4 Å². The van der Waals surface area contributed by atoms with Crippen molar-refractivity contribution in [1.29, 1.82) is 0 Å². The summed E-state index contributed by atoms with van der Waals surface area (Å²) in [6.07, 6.45) is 8.62. The van der Waals surface area contributed by atoms with Crippen molar-refractivity contribution in [3.05, 3.63) is 64.2 Å². The summed E-state index contributed by atoms with van der Waals surface area (Å²) in [5.41, 5.74) is 3.11. The molecule has 0 amide bonds. The maximum atomic E-state index is 12.0. The minimum absolute atomic E-state index is 0.0674. The molecule has 0 radical (unpaired) electrons. The van der Waals surface area contributed by atoms with E-state index >= 15 is 0 Å². The van der Waals surface area contributed by atoms with Crippen molar-refractivity contribution in [2.45, 2.75) is 31.7 Å². The summed E-state index contributed by atoms with van der Waals surface area (Å²) in [5.74, 6) is 1.07. The number of imidazole rings is 1. The Balaban J connectivity index is 1.38. The first-order valence-corrected chi connectivity index (χ1v) is 9.44. The van der Waals surface area contributed by atoms with Crippen LogP contribution in [0.5, 0.6) is 0 Å². The number of pyridine rings is 1. The van der Waals surface area contributed by atoms with Gasteiger partial charge in [0, 0.05) is 50.7 Å². The Hall–Kier alpha value is -2.51. The molecule has 4 rings (SSSR count). The van der Waals surface area contributed by atoms with Gasteiger partial charge in [0.1, 0.15) is 11.5 Å². The van der Waals surface area contributed by atoms with Crippen LogP contribution in [0.4, 0.5) is 0 Å². The molecule has 0 spiro atoms. The van der Waals surface area contributed by atoms with Crippen LogP contribution in [-0.2, 0) is 17.7 Å². The number of aromatic amines is 1. The van der Waals surface area contributed by atoms with E-state index in [-0.39, 0.29) is 5.56 Å². The maximum Gasteiger partial charge on any atom is 0.251 e. The largest absolute Gasteiger partial charge is 0.384 e. The number of likely N-dealkylation sites (tertiary alicyclic amines) is 1. The van der Waals surface area contributed by atoms with Gasteiger partial charge in [0.2, 0.25) is 0 Å². The third-order valence-electron chi connectivity index (χ3n) is 5.22. The lowest BCUT2D eigenvalue weighted by atomic mass is 9.93. The molecule has 1 aliphatic heterocycles. The molecular weight excluding hydrogens is 342 g/mol. The first kappa shape index (κ1) is 17.9. The third kappa shape index (κ3) is 4.26. The van der Waals surface area contributed by atoms with E-state index in [0.29, 0.717) is 18.9 Å². The fourth-order valence-electron chi connectivity index (χ4n) is 3.76. The molecule has 0 saturated carbocycles. The number of rotatable bonds is 6. The van der Waals surface area contributed by atoms with Crippen LogP contribution in [0.15, 0.2) is 41.6 Å².